The van der Waals surface area contributed by atoms with Gasteiger partial charge in [0.15, 0.2) is 0 Å². The van der Waals surface area contributed by atoms with Crippen molar-refractivity contribution in [2.45, 2.75) is 12.8 Å². The minimum absolute atomic E-state index is 0.632. The molecule has 0 fully saturated rings. The lowest BCUT2D eigenvalue weighted by molar-refractivity contribution is 0.112. The van der Waals surface area contributed by atoms with Crippen molar-refractivity contribution >= 4 is 6.29 Å². The lowest BCUT2D eigenvalue weighted by Crippen LogP contribution is -1.95. The average Bonchev–Trinajstić information content (AvgIpc) is 2.31. The number of carbonyl (C=O) groups is 1. The minimum Gasteiger partial charge on any atom is -0.458 e. The van der Waals surface area contributed by atoms with E-state index in [1.54, 1.807) is 12.1 Å². The summed E-state index contributed by atoms with van der Waals surface area (Å²) in [6.45, 7) is 0. The monoisotopic (exact) mass is 200 g/mol. The van der Waals surface area contributed by atoms with Gasteiger partial charge in [0.05, 0.1) is 0 Å². The highest BCUT2D eigenvalue weighted by molar-refractivity contribution is 5.75. The van der Waals surface area contributed by atoms with E-state index in [9.17, 15) is 4.79 Å². The van der Waals surface area contributed by atoms with Crippen molar-refractivity contribution in [2.24, 2.45) is 0 Å². The van der Waals surface area contributed by atoms with Gasteiger partial charge in [0.1, 0.15) is 17.8 Å². The van der Waals surface area contributed by atoms with Crippen LogP contribution in [-0.4, -0.2) is 6.29 Å². The van der Waals surface area contributed by atoms with Gasteiger partial charge in [-0.1, -0.05) is 18.2 Å². The Morgan fingerprint density at radius 1 is 1.27 bits per heavy atom. The van der Waals surface area contributed by atoms with Gasteiger partial charge in [-0.3, -0.25) is 4.79 Å². The largest absolute Gasteiger partial charge is 0.458 e. The molecule has 0 spiro atoms. The maximum absolute atomic E-state index is 10.6. The molecule has 0 heterocycles. The molecular formula is C13H12O2. The molecule has 1 aromatic rings. The van der Waals surface area contributed by atoms with Crippen LogP contribution in [0.4, 0.5) is 0 Å². The van der Waals surface area contributed by atoms with Gasteiger partial charge in [-0.2, -0.15) is 0 Å². The standard InChI is InChI=1S/C13H12O2/c14-10-11-5-4-8-13(9-11)15-12-6-2-1-3-7-12/h2,4-10H,1,3H2. The van der Waals surface area contributed by atoms with Crippen LogP contribution in [-0.2, 0) is 0 Å². The number of allylic oxidation sites excluding steroid dienone is 3. The van der Waals surface area contributed by atoms with E-state index >= 15 is 0 Å². The Morgan fingerprint density at radius 2 is 2.20 bits per heavy atom. The molecule has 0 unspecified atom stereocenters. The first-order valence-electron chi connectivity index (χ1n) is 4.98. The van der Waals surface area contributed by atoms with Gasteiger partial charge in [0.25, 0.3) is 0 Å². The summed E-state index contributed by atoms with van der Waals surface area (Å²) < 4.78 is 5.61. The van der Waals surface area contributed by atoms with E-state index < -0.39 is 0 Å². The Balaban J connectivity index is 2.13. The molecule has 1 aliphatic rings. The maximum Gasteiger partial charge on any atom is 0.150 e. The van der Waals surface area contributed by atoms with E-state index in [-0.39, 0.29) is 0 Å². The number of ether oxygens (including phenoxy) is 1. The van der Waals surface area contributed by atoms with Crippen LogP contribution in [0.3, 0.4) is 0 Å². The normalized spacial score (nSPS) is 14.5. The van der Waals surface area contributed by atoms with Gasteiger partial charge < -0.3 is 4.74 Å². The fourth-order valence-corrected chi connectivity index (χ4v) is 1.45. The Kier molecular flexibility index (Phi) is 2.98. The van der Waals surface area contributed by atoms with E-state index in [1.807, 2.05) is 24.3 Å². The molecule has 1 aliphatic carbocycles. The molecule has 76 valence electrons. The van der Waals surface area contributed by atoms with Crippen molar-refractivity contribution in [1.82, 2.24) is 0 Å². The van der Waals surface area contributed by atoms with Gasteiger partial charge in [-0.25, -0.2) is 0 Å². The molecule has 0 aliphatic heterocycles. The van der Waals surface area contributed by atoms with Crippen molar-refractivity contribution < 1.29 is 9.53 Å². The molecule has 2 heteroatoms. The number of rotatable bonds is 3. The Bertz CT molecular complexity index is 416. The molecular weight excluding hydrogens is 188 g/mol. The second-order valence-electron chi connectivity index (χ2n) is 3.38. The number of carbonyl (C=O) groups excluding carboxylic acids is 1. The number of benzene rings is 1. The van der Waals surface area contributed by atoms with Crippen LogP contribution in [0.1, 0.15) is 23.2 Å². The summed E-state index contributed by atoms with van der Waals surface area (Å²) in [7, 11) is 0. The van der Waals surface area contributed by atoms with Gasteiger partial charge >= 0.3 is 0 Å². The molecule has 0 aromatic heterocycles. The summed E-state index contributed by atoms with van der Waals surface area (Å²) in [5.74, 6) is 1.56. The predicted octanol–water partition coefficient (Wildman–Crippen LogP) is 3.11. The highest BCUT2D eigenvalue weighted by atomic mass is 16.5. The summed E-state index contributed by atoms with van der Waals surface area (Å²) in [4.78, 5) is 10.6. The van der Waals surface area contributed by atoms with Crippen LogP contribution < -0.4 is 4.74 Å². The van der Waals surface area contributed by atoms with E-state index in [4.69, 9.17) is 4.74 Å². The zero-order valence-corrected chi connectivity index (χ0v) is 8.35. The Labute approximate surface area is 88.9 Å². The van der Waals surface area contributed by atoms with Crippen molar-refractivity contribution in [3.8, 4) is 5.75 Å². The first kappa shape index (κ1) is 9.71. The molecule has 15 heavy (non-hydrogen) atoms. The first-order chi connectivity index (χ1) is 7.38. The fourth-order valence-electron chi connectivity index (χ4n) is 1.45. The lowest BCUT2D eigenvalue weighted by atomic mass is 10.2. The SMILES string of the molecule is O=Cc1cccc(OC2=CCCC=C2)c1. The molecule has 0 atom stereocenters. The Hall–Kier alpha value is -1.83. The molecule has 0 saturated carbocycles. The molecule has 0 bridgehead atoms. The quantitative estimate of drug-likeness (QED) is 0.701. The van der Waals surface area contributed by atoms with E-state index in [1.165, 1.54) is 0 Å². The first-order valence-corrected chi connectivity index (χ1v) is 4.98. The summed E-state index contributed by atoms with van der Waals surface area (Å²) in [6, 6.07) is 7.14. The van der Waals surface area contributed by atoms with Gasteiger partial charge in [0.2, 0.25) is 0 Å². The molecule has 2 rings (SSSR count). The van der Waals surface area contributed by atoms with Gasteiger partial charge in [-0.05, 0) is 37.1 Å². The van der Waals surface area contributed by atoms with Crippen LogP contribution in [0.15, 0.2) is 48.3 Å². The lowest BCUT2D eigenvalue weighted by Gasteiger charge is -2.09. The second-order valence-corrected chi connectivity index (χ2v) is 3.38. The number of hydrogen-bond donors (Lipinski definition) is 0. The van der Waals surface area contributed by atoms with Crippen molar-refractivity contribution in [3.63, 3.8) is 0 Å². The third-order valence-corrected chi connectivity index (χ3v) is 2.19. The Morgan fingerprint density at radius 3 is 2.93 bits per heavy atom. The van der Waals surface area contributed by atoms with Crippen LogP contribution >= 0.6 is 0 Å². The molecule has 2 nitrogen and oxygen atoms in total. The highest BCUT2D eigenvalue weighted by Gasteiger charge is 2.01. The maximum atomic E-state index is 10.6. The molecule has 0 radical (unpaired) electrons. The van der Waals surface area contributed by atoms with Crippen molar-refractivity contribution in [2.75, 3.05) is 0 Å². The van der Waals surface area contributed by atoms with E-state index in [0.29, 0.717) is 11.3 Å². The topological polar surface area (TPSA) is 26.3 Å². The molecule has 0 N–H and O–H groups in total. The van der Waals surface area contributed by atoms with Gasteiger partial charge in [-0.15, -0.1) is 0 Å². The van der Waals surface area contributed by atoms with E-state index in [2.05, 4.69) is 6.08 Å². The molecule has 0 saturated heterocycles. The average molecular weight is 200 g/mol. The third kappa shape index (κ3) is 2.56. The molecule has 0 amide bonds. The fraction of sp³-hybridized carbons (Fsp3) is 0.154. The summed E-state index contributed by atoms with van der Waals surface area (Å²) in [5.41, 5.74) is 0.632. The number of aldehydes is 1. The van der Waals surface area contributed by atoms with Crippen LogP contribution in [0.5, 0.6) is 5.75 Å². The predicted molar refractivity (Wildman–Crippen MR) is 58.9 cm³/mol. The highest BCUT2D eigenvalue weighted by Crippen LogP contribution is 2.18. The second kappa shape index (κ2) is 4.60. The molecule has 1 aromatic carbocycles. The zero-order valence-electron chi connectivity index (χ0n) is 8.35. The van der Waals surface area contributed by atoms with E-state index in [0.717, 1.165) is 24.9 Å². The van der Waals surface area contributed by atoms with Crippen molar-refractivity contribution in [1.29, 1.82) is 0 Å². The third-order valence-electron chi connectivity index (χ3n) is 2.19. The summed E-state index contributed by atoms with van der Waals surface area (Å²) in [5, 5.41) is 0. The minimum atomic E-state index is 0.632. The zero-order chi connectivity index (χ0) is 10.5. The summed E-state index contributed by atoms with van der Waals surface area (Å²) >= 11 is 0. The summed E-state index contributed by atoms with van der Waals surface area (Å²) in [6.07, 6.45) is 8.99. The van der Waals surface area contributed by atoms with Crippen LogP contribution in [0.25, 0.3) is 0 Å². The number of hydrogen-bond acceptors (Lipinski definition) is 2. The smallest absolute Gasteiger partial charge is 0.150 e. The van der Waals surface area contributed by atoms with Gasteiger partial charge in [0, 0.05) is 5.56 Å². The van der Waals surface area contributed by atoms with Crippen LogP contribution in [0, 0.1) is 0 Å². The van der Waals surface area contributed by atoms with Crippen molar-refractivity contribution in [3.05, 3.63) is 53.8 Å². The van der Waals surface area contributed by atoms with Crippen LogP contribution in [0.2, 0.25) is 0 Å².